The lowest BCUT2D eigenvalue weighted by Gasteiger charge is -2.06. The molecule has 0 atom stereocenters. The molecule has 0 amide bonds. The molecule has 4 aromatic rings. The highest BCUT2D eigenvalue weighted by atomic mass is 32.1. The van der Waals surface area contributed by atoms with Gasteiger partial charge in [0.25, 0.3) is 0 Å². The Bertz CT molecular complexity index is 943. The molecule has 3 heterocycles. The number of hydrogen-bond donors (Lipinski definition) is 0. The molecule has 0 aliphatic rings. The first-order chi connectivity index (χ1) is 10.7. The van der Waals surface area contributed by atoms with Crippen molar-refractivity contribution in [3.8, 4) is 10.7 Å². The molecule has 0 bridgehead atoms. The standard InChI is InChI=1S/C18H16N2S2/c1-12-7-9-14(21-12)11-20-16-6-4-3-5-15(16)19-18(20)17-10-8-13(2)22-17/h3-10H,11H2,1-2H3. The summed E-state index contributed by atoms with van der Waals surface area (Å²) in [4.78, 5) is 10.2. The van der Waals surface area contributed by atoms with Crippen molar-refractivity contribution in [1.82, 2.24) is 9.55 Å². The minimum absolute atomic E-state index is 0.880. The largest absolute Gasteiger partial charge is 0.318 e. The first-order valence-electron chi connectivity index (χ1n) is 7.28. The second-order valence-electron chi connectivity index (χ2n) is 5.43. The van der Waals surface area contributed by atoms with E-state index in [0.717, 1.165) is 17.9 Å². The Hall–Kier alpha value is -1.91. The van der Waals surface area contributed by atoms with Gasteiger partial charge in [-0.2, -0.15) is 0 Å². The summed E-state index contributed by atoms with van der Waals surface area (Å²) in [5.41, 5.74) is 2.27. The van der Waals surface area contributed by atoms with Gasteiger partial charge >= 0.3 is 0 Å². The van der Waals surface area contributed by atoms with Gasteiger partial charge in [0.05, 0.1) is 22.5 Å². The molecule has 0 saturated heterocycles. The second kappa shape index (κ2) is 5.38. The van der Waals surface area contributed by atoms with Crippen LogP contribution in [0.4, 0.5) is 0 Å². The van der Waals surface area contributed by atoms with Crippen LogP contribution >= 0.6 is 22.7 Å². The summed E-state index contributed by atoms with van der Waals surface area (Å²) in [6, 6.07) is 17.1. The van der Waals surface area contributed by atoms with E-state index < -0.39 is 0 Å². The minimum atomic E-state index is 0.880. The average molecular weight is 324 g/mol. The number of nitrogens with zero attached hydrogens (tertiary/aromatic N) is 2. The summed E-state index contributed by atoms with van der Waals surface area (Å²) in [5, 5.41) is 0. The predicted molar refractivity (Wildman–Crippen MR) is 95.9 cm³/mol. The lowest BCUT2D eigenvalue weighted by atomic mass is 10.3. The van der Waals surface area contributed by atoms with Gasteiger partial charge in [-0.1, -0.05) is 12.1 Å². The van der Waals surface area contributed by atoms with Crippen LogP contribution in [0.15, 0.2) is 48.5 Å². The van der Waals surface area contributed by atoms with Gasteiger partial charge in [0, 0.05) is 14.6 Å². The fourth-order valence-electron chi connectivity index (χ4n) is 2.70. The second-order valence-corrected chi connectivity index (χ2v) is 8.09. The zero-order chi connectivity index (χ0) is 15.1. The van der Waals surface area contributed by atoms with Crippen LogP contribution in [0.1, 0.15) is 14.6 Å². The van der Waals surface area contributed by atoms with Crippen molar-refractivity contribution in [2.24, 2.45) is 0 Å². The Kier molecular flexibility index (Phi) is 3.36. The lowest BCUT2D eigenvalue weighted by molar-refractivity contribution is 0.850. The van der Waals surface area contributed by atoms with Crippen LogP contribution in [0.2, 0.25) is 0 Å². The topological polar surface area (TPSA) is 17.8 Å². The number of imidazole rings is 1. The van der Waals surface area contributed by atoms with Crippen LogP contribution in [0, 0.1) is 13.8 Å². The van der Waals surface area contributed by atoms with Gasteiger partial charge in [0.2, 0.25) is 0 Å². The number of benzene rings is 1. The Morgan fingerprint density at radius 2 is 1.68 bits per heavy atom. The number of fused-ring (bicyclic) bond motifs is 1. The molecule has 0 saturated carbocycles. The molecule has 0 fully saturated rings. The third-order valence-electron chi connectivity index (χ3n) is 3.73. The van der Waals surface area contributed by atoms with Crippen molar-refractivity contribution in [3.05, 3.63) is 63.2 Å². The van der Waals surface area contributed by atoms with Crippen molar-refractivity contribution in [2.75, 3.05) is 0 Å². The summed E-state index contributed by atoms with van der Waals surface area (Å²) < 4.78 is 2.34. The first-order valence-corrected chi connectivity index (χ1v) is 8.91. The van der Waals surface area contributed by atoms with E-state index in [0.29, 0.717) is 0 Å². The SMILES string of the molecule is Cc1ccc(Cn2c(-c3ccc(C)s3)nc3ccccc32)s1. The van der Waals surface area contributed by atoms with Crippen molar-refractivity contribution in [1.29, 1.82) is 0 Å². The number of rotatable bonds is 3. The van der Waals surface area contributed by atoms with Crippen LogP contribution in [-0.4, -0.2) is 9.55 Å². The fourth-order valence-corrected chi connectivity index (χ4v) is 4.45. The smallest absolute Gasteiger partial charge is 0.151 e. The van der Waals surface area contributed by atoms with Gasteiger partial charge in [-0.3, -0.25) is 0 Å². The monoisotopic (exact) mass is 324 g/mol. The van der Waals surface area contributed by atoms with E-state index in [-0.39, 0.29) is 0 Å². The summed E-state index contributed by atoms with van der Waals surface area (Å²) in [5.74, 6) is 1.07. The highest BCUT2D eigenvalue weighted by Crippen LogP contribution is 2.31. The van der Waals surface area contributed by atoms with Crippen LogP contribution in [0.5, 0.6) is 0 Å². The molecule has 1 aromatic carbocycles. The quantitative estimate of drug-likeness (QED) is 0.487. The number of para-hydroxylation sites is 2. The van der Waals surface area contributed by atoms with Crippen molar-refractivity contribution in [2.45, 2.75) is 20.4 Å². The minimum Gasteiger partial charge on any atom is -0.318 e. The Balaban J connectivity index is 1.89. The summed E-state index contributed by atoms with van der Waals surface area (Å²) in [7, 11) is 0. The number of thiophene rings is 2. The van der Waals surface area contributed by atoms with E-state index in [9.17, 15) is 0 Å². The number of aryl methyl sites for hydroxylation is 2. The average Bonchev–Trinajstić information content (AvgIpc) is 3.20. The molecule has 0 radical (unpaired) electrons. The van der Waals surface area contributed by atoms with Gasteiger partial charge < -0.3 is 4.57 Å². The Morgan fingerprint density at radius 3 is 2.41 bits per heavy atom. The fraction of sp³-hybridized carbons (Fsp3) is 0.167. The zero-order valence-electron chi connectivity index (χ0n) is 12.5. The third-order valence-corrected chi connectivity index (χ3v) is 5.71. The maximum atomic E-state index is 4.88. The molecule has 0 unspecified atom stereocenters. The van der Waals surface area contributed by atoms with Crippen LogP contribution in [0.3, 0.4) is 0 Å². The van der Waals surface area contributed by atoms with Crippen LogP contribution in [0.25, 0.3) is 21.7 Å². The van der Waals surface area contributed by atoms with Gasteiger partial charge in [0.1, 0.15) is 0 Å². The molecule has 3 aromatic heterocycles. The van der Waals surface area contributed by atoms with E-state index >= 15 is 0 Å². The summed E-state index contributed by atoms with van der Waals surface area (Å²) in [6.07, 6.45) is 0. The summed E-state index contributed by atoms with van der Waals surface area (Å²) >= 11 is 3.66. The van der Waals surface area contributed by atoms with Gasteiger partial charge in [-0.05, 0) is 50.2 Å². The zero-order valence-corrected chi connectivity index (χ0v) is 14.2. The van der Waals surface area contributed by atoms with E-state index in [1.807, 2.05) is 11.3 Å². The first kappa shape index (κ1) is 13.7. The molecule has 22 heavy (non-hydrogen) atoms. The third kappa shape index (κ3) is 2.38. The van der Waals surface area contributed by atoms with Crippen molar-refractivity contribution < 1.29 is 0 Å². The van der Waals surface area contributed by atoms with E-state index in [4.69, 9.17) is 4.98 Å². The number of aromatic nitrogens is 2. The Morgan fingerprint density at radius 1 is 0.909 bits per heavy atom. The van der Waals surface area contributed by atoms with Crippen LogP contribution < -0.4 is 0 Å². The van der Waals surface area contributed by atoms with Gasteiger partial charge in [-0.25, -0.2) is 4.98 Å². The highest BCUT2D eigenvalue weighted by molar-refractivity contribution is 7.15. The molecule has 110 valence electrons. The van der Waals surface area contributed by atoms with Crippen molar-refractivity contribution in [3.63, 3.8) is 0 Å². The molecule has 0 spiro atoms. The maximum Gasteiger partial charge on any atom is 0.151 e. The molecular formula is C18H16N2S2. The predicted octanol–water partition coefficient (Wildman–Crippen LogP) is 5.49. The van der Waals surface area contributed by atoms with Crippen molar-refractivity contribution >= 4 is 33.7 Å². The normalized spacial score (nSPS) is 11.4. The van der Waals surface area contributed by atoms with E-state index in [2.05, 4.69) is 66.9 Å². The van der Waals surface area contributed by atoms with E-state index in [1.54, 1.807) is 11.3 Å². The summed E-state index contributed by atoms with van der Waals surface area (Å²) in [6.45, 7) is 5.18. The maximum absolute atomic E-state index is 4.88. The molecule has 4 heteroatoms. The molecular weight excluding hydrogens is 308 g/mol. The van der Waals surface area contributed by atoms with Gasteiger partial charge in [-0.15, -0.1) is 22.7 Å². The number of hydrogen-bond acceptors (Lipinski definition) is 3. The van der Waals surface area contributed by atoms with Crippen LogP contribution in [-0.2, 0) is 6.54 Å². The molecule has 4 rings (SSSR count). The Labute approximate surface area is 137 Å². The molecule has 0 aliphatic heterocycles. The highest BCUT2D eigenvalue weighted by Gasteiger charge is 2.14. The van der Waals surface area contributed by atoms with Gasteiger partial charge in [0.15, 0.2) is 5.82 Å². The molecule has 0 N–H and O–H groups in total. The molecule has 0 aliphatic carbocycles. The lowest BCUT2D eigenvalue weighted by Crippen LogP contribution is -1.99. The molecule has 2 nitrogen and oxygen atoms in total. The van der Waals surface area contributed by atoms with E-state index in [1.165, 1.54) is 25.0 Å².